The van der Waals surface area contributed by atoms with Crippen molar-refractivity contribution in [2.75, 3.05) is 0 Å². The van der Waals surface area contributed by atoms with Gasteiger partial charge in [-0.15, -0.1) is 11.3 Å². The fourth-order valence-electron chi connectivity index (χ4n) is 3.06. The molecule has 134 valence electrons. The van der Waals surface area contributed by atoms with E-state index < -0.39 is 0 Å². The summed E-state index contributed by atoms with van der Waals surface area (Å²) in [5.74, 6) is 0. The fraction of sp³-hybridized carbons (Fsp3) is 0.0400. The SMILES string of the molecule is Cc1cccc(C=C(C#N)c2nc(-c3ccc(-c4ccccc4)cc3)cs2)c1. The molecular formula is C25H18N2S. The number of thiazole rings is 1. The topological polar surface area (TPSA) is 36.7 Å². The zero-order valence-corrected chi connectivity index (χ0v) is 16.3. The van der Waals surface area contributed by atoms with E-state index in [1.165, 1.54) is 28.0 Å². The molecule has 28 heavy (non-hydrogen) atoms. The van der Waals surface area contributed by atoms with E-state index in [4.69, 9.17) is 4.98 Å². The van der Waals surface area contributed by atoms with Crippen molar-refractivity contribution in [1.29, 1.82) is 5.26 Å². The number of benzene rings is 3. The van der Waals surface area contributed by atoms with Crippen molar-refractivity contribution in [1.82, 2.24) is 4.98 Å². The van der Waals surface area contributed by atoms with Crippen LogP contribution < -0.4 is 0 Å². The van der Waals surface area contributed by atoms with Gasteiger partial charge in [0.1, 0.15) is 11.1 Å². The van der Waals surface area contributed by atoms with E-state index in [2.05, 4.69) is 48.5 Å². The molecular weight excluding hydrogens is 360 g/mol. The lowest BCUT2D eigenvalue weighted by Gasteiger charge is -2.03. The summed E-state index contributed by atoms with van der Waals surface area (Å²) in [6.07, 6.45) is 1.90. The van der Waals surface area contributed by atoms with Crippen LogP contribution in [0.1, 0.15) is 16.1 Å². The van der Waals surface area contributed by atoms with Crippen LogP contribution in [0.2, 0.25) is 0 Å². The van der Waals surface area contributed by atoms with E-state index in [9.17, 15) is 5.26 Å². The minimum Gasteiger partial charge on any atom is -0.235 e. The Kier molecular flexibility index (Phi) is 5.14. The lowest BCUT2D eigenvalue weighted by atomic mass is 10.0. The third kappa shape index (κ3) is 3.93. The Bertz CT molecular complexity index is 1160. The van der Waals surface area contributed by atoms with Gasteiger partial charge < -0.3 is 0 Å². The third-order valence-corrected chi connectivity index (χ3v) is 5.37. The Morgan fingerprint density at radius 2 is 1.61 bits per heavy atom. The Morgan fingerprint density at radius 1 is 0.893 bits per heavy atom. The minimum absolute atomic E-state index is 0.586. The molecule has 0 spiro atoms. The summed E-state index contributed by atoms with van der Waals surface area (Å²) in [5, 5.41) is 12.4. The molecule has 0 atom stereocenters. The number of hydrogen-bond donors (Lipinski definition) is 0. The molecule has 1 aromatic heterocycles. The fourth-order valence-corrected chi connectivity index (χ4v) is 3.86. The Hall–Kier alpha value is -3.48. The molecule has 0 N–H and O–H groups in total. The van der Waals surface area contributed by atoms with Gasteiger partial charge in [-0.3, -0.25) is 0 Å². The summed E-state index contributed by atoms with van der Waals surface area (Å²) in [6, 6.07) is 29.1. The van der Waals surface area contributed by atoms with Gasteiger partial charge in [-0.2, -0.15) is 5.26 Å². The molecule has 0 fully saturated rings. The zero-order valence-electron chi connectivity index (χ0n) is 15.5. The van der Waals surface area contributed by atoms with Crippen LogP contribution in [0.4, 0.5) is 0 Å². The first kappa shape index (κ1) is 17.9. The van der Waals surface area contributed by atoms with Crippen LogP contribution in [-0.2, 0) is 0 Å². The molecule has 4 aromatic rings. The normalized spacial score (nSPS) is 11.2. The van der Waals surface area contributed by atoms with Crippen LogP contribution in [0.5, 0.6) is 0 Å². The van der Waals surface area contributed by atoms with Crippen LogP contribution in [0.15, 0.2) is 84.2 Å². The summed E-state index contributed by atoms with van der Waals surface area (Å²) in [7, 11) is 0. The van der Waals surface area contributed by atoms with Gasteiger partial charge in [0.05, 0.1) is 11.3 Å². The number of rotatable bonds is 4. The monoisotopic (exact) mass is 378 g/mol. The highest BCUT2D eigenvalue weighted by atomic mass is 32.1. The Balaban J connectivity index is 1.61. The van der Waals surface area contributed by atoms with Gasteiger partial charge in [0.15, 0.2) is 0 Å². The molecule has 0 saturated heterocycles. The van der Waals surface area contributed by atoms with Crippen molar-refractivity contribution in [3.63, 3.8) is 0 Å². The maximum atomic E-state index is 9.60. The van der Waals surface area contributed by atoms with E-state index in [0.29, 0.717) is 5.57 Å². The number of hydrogen-bond acceptors (Lipinski definition) is 3. The maximum Gasteiger partial charge on any atom is 0.134 e. The van der Waals surface area contributed by atoms with Gasteiger partial charge in [0, 0.05) is 10.9 Å². The third-order valence-electron chi connectivity index (χ3n) is 4.50. The van der Waals surface area contributed by atoms with Gasteiger partial charge in [0.25, 0.3) is 0 Å². The minimum atomic E-state index is 0.586. The first-order valence-corrected chi connectivity index (χ1v) is 9.91. The molecule has 0 aliphatic carbocycles. The second-order valence-electron chi connectivity index (χ2n) is 6.57. The highest BCUT2D eigenvalue weighted by Gasteiger charge is 2.09. The molecule has 0 radical (unpaired) electrons. The second-order valence-corrected chi connectivity index (χ2v) is 7.42. The number of nitrogens with zero attached hydrogens (tertiary/aromatic N) is 2. The van der Waals surface area contributed by atoms with Crippen molar-refractivity contribution in [2.24, 2.45) is 0 Å². The van der Waals surface area contributed by atoms with Crippen molar-refractivity contribution in [3.05, 3.63) is 100 Å². The van der Waals surface area contributed by atoms with E-state index in [-0.39, 0.29) is 0 Å². The first-order chi connectivity index (χ1) is 13.7. The van der Waals surface area contributed by atoms with Crippen LogP contribution in [0.25, 0.3) is 34.0 Å². The average Bonchev–Trinajstić information content (AvgIpc) is 3.23. The highest BCUT2D eigenvalue weighted by molar-refractivity contribution is 7.11. The van der Waals surface area contributed by atoms with Crippen molar-refractivity contribution >= 4 is 23.0 Å². The van der Waals surface area contributed by atoms with Crippen LogP contribution in [0, 0.1) is 18.3 Å². The molecule has 3 aromatic carbocycles. The van der Waals surface area contributed by atoms with E-state index in [1.807, 2.05) is 54.8 Å². The van der Waals surface area contributed by atoms with E-state index in [0.717, 1.165) is 21.8 Å². The summed E-state index contributed by atoms with van der Waals surface area (Å²) >= 11 is 1.50. The van der Waals surface area contributed by atoms with Crippen LogP contribution >= 0.6 is 11.3 Å². The van der Waals surface area contributed by atoms with Crippen molar-refractivity contribution in [3.8, 4) is 28.5 Å². The molecule has 0 unspecified atom stereocenters. The average molecular weight is 378 g/mol. The van der Waals surface area contributed by atoms with Crippen molar-refractivity contribution in [2.45, 2.75) is 6.92 Å². The molecule has 3 heteroatoms. The number of nitriles is 1. The standard InChI is InChI=1S/C25H18N2S/c1-18-6-5-7-19(14-18)15-23(16-26)25-27-24(17-28-25)22-12-10-21(11-13-22)20-8-3-2-4-9-20/h2-15,17H,1H3. The molecule has 4 rings (SSSR count). The van der Waals surface area contributed by atoms with E-state index in [1.54, 1.807) is 0 Å². The van der Waals surface area contributed by atoms with Gasteiger partial charge in [-0.1, -0.05) is 84.4 Å². The molecule has 0 aliphatic rings. The quantitative estimate of drug-likeness (QED) is 0.364. The molecule has 2 nitrogen and oxygen atoms in total. The Labute approximate surface area is 169 Å². The summed E-state index contributed by atoms with van der Waals surface area (Å²) in [6.45, 7) is 2.05. The summed E-state index contributed by atoms with van der Waals surface area (Å²) < 4.78 is 0. The number of aryl methyl sites for hydroxylation is 1. The molecule has 1 heterocycles. The smallest absolute Gasteiger partial charge is 0.134 e. The molecule has 0 amide bonds. The lowest BCUT2D eigenvalue weighted by Crippen LogP contribution is -1.84. The molecule has 0 saturated carbocycles. The molecule has 0 aliphatic heterocycles. The second kappa shape index (κ2) is 8.04. The van der Waals surface area contributed by atoms with Crippen LogP contribution in [-0.4, -0.2) is 4.98 Å². The zero-order chi connectivity index (χ0) is 19.3. The maximum absolute atomic E-state index is 9.60. The number of allylic oxidation sites excluding steroid dienone is 1. The summed E-state index contributed by atoms with van der Waals surface area (Å²) in [4.78, 5) is 4.70. The lowest BCUT2D eigenvalue weighted by molar-refractivity contribution is 1.37. The van der Waals surface area contributed by atoms with Gasteiger partial charge >= 0.3 is 0 Å². The van der Waals surface area contributed by atoms with E-state index >= 15 is 0 Å². The van der Waals surface area contributed by atoms with Gasteiger partial charge in [-0.05, 0) is 29.7 Å². The predicted octanol–water partition coefficient (Wildman–Crippen LogP) is 6.85. The molecule has 0 bridgehead atoms. The first-order valence-electron chi connectivity index (χ1n) is 9.03. The van der Waals surface area contributed by atoms with Gasteiger partial charge in [0.2, 0.25) is 0 Å². The Morgan fingerprint density at radius 3 is 2.32 bits per heavy atom. The van der Waals surface area contributed by atoms with Crippen LogP contribution in [0.3, 0.4) is 0 Å². The highest BCUT2D eigenvalue weighted by Crippen LogP contribution is 2.29. The predicted molar refractivity (Wildman–Crippen MR) is 118 cm³/mol. The number of aromatic nitrogens is 1. The largest absolute Gasteiger partial charge is 0.235 e. The summed E-state index contributed by atoms with van der Waals surface area (Å²) in [5.41, 5.74) is 7.09. The van der Waals surface area contributed by atoms with Crippen molar-refractivity contribution < 1.29 is 0 Å². The van der Waals surface area contributed by atoms with Gasteiger partial charge in [-0.25, -0.2) is 4.98 Å².